The zero-order valence-corrected chi connectivity index (χ0v) is 15.6. The van der Waals surface area contributed by atoms with Gasteiger partial charge in [0.05, 0.1) is 27.8 Å². The van der Waals surface area contributed by atoms with Crippen molar-refractivity contribution >= 4 is 46.1 Å². The molecule has 4 rings (SSSR count). The number of anilines is 2. The number of amides is 2. The zero-order valence-electron chi connectivity index (χ0n) is 14.1. The molecular weight excluding hydrogens is 388 g/mol. The summed E-state index contributed by atoms with van der Waals surface area (Å²) in [6.45, 7) is 1.69. The second kappa shape index (κ2) is 6.98. The molecule has 1 aromatic carbocycles. The van der Waals surface area contributed by atoms with Gasteiger partial charge in [-0.1, -0.05) is 17.7 Å². The number of aryl methyl sites for hydroxylation is 1. The molecule has 0 aliphatic carbocycles. The maximum atomic E-state index is 12.7. The Morgan fingerprint density at radius 1 is 1.37 bits per heavy atom. The number of carbonyl (C=O) groups is 2. The maximum absolute atomic E-state index is 12.7. The molecule has 0 spiro atoms. The molecule has 27 heavy (non-hydrogen) atoms. The summed E-state index contributed by atoms with van der Waals surface area (Å²) in [5.74, 6) is -0.129. The number of carbonyl (C=O) groups excluding carboxylic acids is 2. The lowest BCUT2D eigenvalue weighted by Gasteiger charge is -2.19. The Bertz CT molecular complexity index is 1050. The number of pyridine rings is 1. The monoisotopic (exact) mass is 400 g/mol. The Kier molecular flexibility index (Phi) is 4.51. The van der Waals surface area contributed by atoms with Crippen LogP contribution in [0.2, 0.25) is 5.02 Å². The zero-order chi connectivity index (χ0) is 19.0. The number of fused-ring (bicyclic) bond motifs is 1. The van der Waals surface area contributed by atoms with E-state index in [1.54, 1.807) is 25.3 Å². The van der Waals surface area contributed by atoms with Crippen molar-refractivity contribution in [3.8, 4) is 16.5 Å². The first-order valence-corrected chi connectivity index (χ1v) is 9.17. The first-order chi connectivity index (χ1) is 13.0. The summed E-state index contributed by atoms with van der Waals surface area (Å²) < 4.78 is 5.36. The molecule has 0 unspecified atom stereocenters. The number of rotatable bonds is 3. The summed E-state index contributed by atoms with van der Waals surface area (Å²) in [6, 6.07) is 8.66. The van der Waals surface area contributed by atoms with Gasteiger partial charge < -0.3 is 15.4 Å². The Labute approximate surface area is 163 Å². The number of benzene rings is 1. The van der Waals surface area contributed by atoms with Crippen LogP contribution in [0.4, 0.5) is 11.4 Å². The van der Waals surface area contributed by atoms with E-state index < -0.39 is 0 Å². The van der Waals surface area contributed by atoms with Crippen LogP contribution in [0.1, 0.15) is 15.4 Å². The van der Waals surface area contributed by atoms with Crippen molar-refractivity contribution in [2.45, 2.75) is 6.92 Å². The number of nitrogens with zero attached hydrogens (tertiary/aromatic N) is 2. The highest BCUT2D eigenvalue weighted by Crippen LogP contribution is 2.37. The van der Waals surface area contributed by atoms with Crippen LogP contribution >= 0.6 is 22.9 Å². The van der Waals surface area contributed by atoms with Crippen LogP contribution in [-0.4, -0.2) is 28.4 Å². The van der Waals surface area contributed by atoms with Crippen molar-refractivity contribution in [1.82, 2.24) is 9.97 Å². The number of aromatic nitrogens is 2. The van der Waals surface area contributed by atoms with E-state index in [0.717, 1.165) is 0 Å². The summed E-state index contributed by atoms with van der Waals surface area (Å²) in [5, 5.41) is 6.41. The minimum Gasteiger partial charge on any atom is -0.482 e. The second-order valence-electron chi connectivity index (χ2n) is 5.77. The van der Waals surface area contributed by atoms with Crippen LogP contribution in [0.5, 0.6) is 5.75 Å². The van der Waals surface area contributed by atoms with Crippen LogP contribution in [0.15, 0.2) is 36.5 Å². The lowest BCUT2D eigenvalue weighted by Crippen LogP contribution is -2.25. The minimum atomic E-state index is -0.325. The summed E-state index contributed by atoms with van der Waals surface area (Å²) in [7, 11) is 0. The Morgan fingerprint density at radius 3 is 3.00 bits per heavy atom. The quantitative estimate of drug-likeness (QED) is 0.698. The SMILES string of the molecule is Cc1nc(-c2ccccn2)sc1C(=O)Nc1cc2c(cc1Cl)NC(=O)CO2. The van der Waals surface area contributed by atoms with E-state index >= 15 is 0 Å². The molecule has 3 heterocycles. The Hall–Kier alpha value is -2.97. The molecule has 136 valence electrons. The molecule has 0 fully saturated rings. The third-order valence-corrected chi connectivity index (χ3v) is 5.33. The van der Waals surface area contributed by atoms with Gasteiger partial charge in [0.1, 0.15) is 15.6 Å². The van der Waals surface area contributed by atoms with Gasteiger partial charge in [-0.05, 0) is 25.1 Å². The lowest BCUT2D eigenvalue weighted by molar-refractivity contribution is -0.118. The molecule has 0 saturated heterocycles. The van der Waals surface area contributed by atoms with E-state index in [-0.39, 0.29) is 18.4 Å². The number of ether oxygens (including phenoxy) is 1. The van der Waals surface area contributed by atoms with Crippen LogP contribution in [0.25, 0.3) is 10.7 Å². The molecule has 0 saturated carbocycles. The number of thiazole rings is 1. The fourth-order valence-electron chi connectivity index (χ4n) is 2.58. The molecule has 1 aliphatic heterocycles. The van der Waals surface area contributed by atoms with Crippen molar-refractivity contribution in [3.63, 3.8) is 0 Å². The van der Waals surface area contributed by atoms with Gasteiger partial charge in [0.15, 0.2) is 6.61 Å². The van der Waals surface area contributed by atoms with Crippen LogP contribution in [0.3, 0.4) is 0 Å². The number of nitrogens with one attached hydrogen (secondary N) is 2. The largest absolute Gasteiger partial charge is 0.482 e. The van der Waals surface area contributed by atoms with Gasteiger partial charge in [0, 0.05) is 12.3 Å². The second-order valence-corrected chi connectivity index (χ2v) is 7.17. The average Bonchev–Trinajstić information content (AvgIpc) is 3.05. The molecule has 0 atom stereocenters. The summed E-state index contributed by atoms with van der Waals surface area (Å²) >= 11 is 7.50. The Balaban J connectivity index is 1.60. The highest BCUT2D eigenvalue weighted by atomic mass is 35.5. The first-order valence-electron chi connectivity index (χ1n) is 7.97. The Morgan fingerprint density at radius 2 is 2.22 bits per heavy atom. The topological polar surface area (TPSA) is 93.2 Å². The number of hydrogen-bond donors (Lipinski definition) is 2. The van der Waals surface area contributed by atoms with Gasteiger partial charge in [-0.15, -0.1) is 11.3 Å². The maximum Gasteiger partial charge on any atom is 0.267 e. The van der Waals surface area contributed by atoms with E-state index in [4.69, 9.17) is 16.3 Å². The van der Waals surface area contributed by atoms with Gasteiger partial charge in [-0.3, -0.25) is 14.6 Å². The van der Waals surface area contributed by atoms with Gasteiger partial charge in [0.25, 0.3) is 11.8 Å². The van der Waals surface area contributed by atoms with E-state index in [2.05, 4.69) is 20.6 Å². The molecule has 0 bridgehead atoms. The molecule has 3 aromatic rings. The molecule has 2 N–H and O–H groups in total. The van der Waals surface area contributed by atoms with E-state index in [9.17, 15) is 9.59 Å². The van der Waals surface area contributed by atoms with Crippen LogP contribution < -0.4 is 15.4 Å². The molecule has 2 amide bonds. The van der Waals surface area contributed by atoms with Crippen LogP contribution in [-0.2, 0) is 4.79 Å². The predicted octanol–water partition coefficient (Wildman–Crippen LogP) is 3.75. The number of hydrogen-bond acceptors (Lipinski definition) is 6. The summed E-state index contributed by atoms with van der Waals surface area (Å²) in [4.78, 5) is 33.3. The average molecular weight is 401 g/mol. The van der Waals surface area contributed by atoms with Gasteiger partial charge in [0.2, 0.25) is 0 Å². The highest BCUT2D eigenvalue weighted by molar-refractivity contribution is 7.17. The molecule has 9 heteroatoms. The van der Waals surface area contributed by atoms with Crippen molar-refractivity contribution in [2.75, 3.05) is 17.2 Å². The van der Waals surface area contributed by atoms with E-state index in [0.29, 0.717) is 43.4 Å². The van der Waals surface area contributed by atoms with Gasteiger partial charge >= 0.3 is 0 Å². The van der Waals surface area contributed by atoms with Crippen molar-refractivity contribution in [3.05, 3.63) is 52.1 Å². The summed E-state index contributed by atoms with van der Waals surface area (Å²) in [5.41, 5.74) is 2.18. The van der Waals surface area contributed by atoms with Crippen LogP contribution in [0, 0.1) is 6.92 Å². The number of halogens is 1. The van der Waals surface area contributed by atoms with Crippen molar-refractivity contribution in [2.24, 2.45) is 0 Å². The first kappa shape index (κ1) is 17.4. The minimum absolute atomic E-state index is 0.0800. The standard InChI is InChI=1S/C18H13ClN4O3S/c1-9-16(27-18(21-9)11-4-2-3-5-20-11)17(25)23-12-7-14-13(6-10(12)19)22-15(24)8-26-14/h2-7H,8H2,1H3,(H,22,24)(H,23,25). The molecular formula is C18H13ClN4O3S. The summed E-state index contributed by atoms with van der Waals surface area (Å²) in [6.07, 6.45) is 1.68. The fraction of sp³-hybridized carbons (Fsp3) is 0.111. The van der Waals surface area contributed by atoms with E-state index in [1.165, 1.54) is 11.3 Å². The third-order valence-electron chi connectivity index (χ3n) is 3.84. The molecule has 2 aromatic heterocycles. The van der Waals surface area contributed by atoms with Crippen molar-refractivity contribution in [1.29, 1.82) is 0 Å². The van der Waals surface area contributed by atoms with Gasteiger partial charge in [-0.2, -0.15) is 0 Å². The smallest absolute Gasteiger partial charge is 0.267 e. The fourth-order valence-corrected chi connectivity index (χ4v) is 3.73. The lowest BCUT2D eigenvalue weighted by atomic mass is 10.2. The van der Waals surface area contributed by atoms with Gasteiger partial charge in [-0.25, -0.2) is 4.98 Å². The highest BCUT2D eigenvalue weighted by Gasteiger charge is 2.21. The normalized spacial score (nSPS) is 12.7. The van der Waals surface area contributed by atoms with Crippen molar-refractivity contribution < 1.29 is 14.3 Å². The molecule has 0 radical (unpaired) electrons. The van der Waals surface area contributed by atoms with E-state index in [1.807, 2.05) is 18.2 Å². The molecule has 1 aliphatic rings. The molecule has 7 nitrogen and oxygen atoms in total. The third kappa shape index (κ3) is 3.49. The predicted molar refractivity (Wildman–Crippen MR) is 104 cm³/mol.